The zero-order valence-corrected chi connectivity index (χ0v) is 17.1. The summed E-state index contributed by atoms with van der Waals surface area (Å²) in [6.07, 6.45) is 0. The number of hydrogen-bond acceptors (Lipinski definition) is 4. The number of para-hydroxylation sites is 1. The highest BCUT2D eigenvalue weighted by Gasteiger charge is 2.15. The Labute approximate surface area is 174 Å². The molecule has 0 saturated heterocycles. The standard InChI is InChI=1S/C22H17BrFN3O2/c1-29-20-12-15(8-11-18(20)24)21-26-19-5-3-2-4-17(19)22(28)27(21)25-13-14-6-9-16(23)10-7-14/h2-12,25H,13H2,1H3. The maximum Gasteiger partial charge on any atom is 0.280 e. The van der Waals surface area contributed by atoms with Gasteiger partial charge in [-0.1, -0.05) is 40.2 Å². The van der Waals surface area contributed by atoms with E-state index in [0.29, 0.717) is 28.8 Å². The summed E-state index contributed by atoms with van der Waals surface area (Å²) >= 11 is 3.41. The first-order valence-corrected chi connectivity index (χ1v) is 9.70. The highest BCUT2D eigenvalue weighted by atomic mass is 79.9. The van der Waals surface area contributed by atoms with Crippen LogP contribution in [0.3, 0.4) is 0 Å². The van der Waals surface area contributed by atoms with Gasteiger partial charge in [-0.25, -0.2) is 14.1 Å². The van der Waals surface area contributed by atoms with Crippen LogP contribution in [-0.4, -0.2) is 16.8 Å². The quantitative estimate of drug-likeness (QED) is 0.475. The van der Waals surface area contributed by atoms with E-state index in [1.807, 2.05) is 30.3 Å². The monoisotopic (exact) mass is 453 g/mol. The summed E-state index contributed by atoms with van der Waals surface area (Å²) in [7, 11) is 1.40. The Balaban J connectivity index is 1.84. The van der Waals surface area contributed by atoms with Crippen LogP contribution >= 0.6 is 15.9 Å². The van der Waals surface area contributed by atoms with Crippen molar-refractivity contribution in [3.8, 4) is 17.1 Å². The number of halogens is 2. The van der Waals surface area contributed by atoms with Crippen LogP contribution in [0, 0.1) is 5.82 Å². The first-order chi connectivity index (χ1) is 14.1. The number of aromatic nitrogens is 2. The van der Waals surface area contributed by atoms with Crippen molar-refractivity contribution >= 4 is 26.8 Å². The van der Waals surface area contributed by atoms with Gasteiger partial charge >= 0.3 is 0 Å². The van der Waals surface area contributed by atoms with Crippen LogP contribution in [0.4, 0.5) is 4.39 Å². The van der Waals surface area contributed by atoms with Crippen molar-refractivity contribution in [1.82, 2.24) is 9.66 Å². The number of methoxy groups -OCH3 is 1. The van der Waals surface area contributed by atoms with E-state index in [-0.39, 0.29) is 11.3 Å². The van der Waals surface area contributed by atoms with Gasteiger partial charge in [0.05, 0.1) is 24.6 Å². The third-order valence-corrected chi connectivity index (χ3v) is 5.07. The molecular formula is C22H17BrFN3O2. The molecule has 0 saturated carbocycles. The van der Waals surface area contributed by atoms with Gasteiger partial charge in [-0.15, -0.1) is 0 Å². The summed E-state index contributed by atoms with van der Waals surface area (Å²) in [5, 5.41) is 0.494. The number of rotatable bonds is 5. The van der Waals surface area contributed by atoms with Gasteiger partial charge in [0.25, 0.3) is 5.56 Å². The van der Waals surface area contributed by atoms with Crippen molar-refractivity contribution in [2.45, 2.75) is 6.54 Å². The number of ether oxygens (including phenoxy) is 1. The van der Waals surface area contributed by atoms with Crippen molar-refractivity contribution in [1.29, 1.82) is 0 Å². The van der Waals surface area contributed by atoms with E-state index in [1.54, 1.807) is 24.3 Å². The predicted molar refractivity (Wildman–Crippen MR) is 115 cm³/mol. The van der Waals surface area contributed by atoms with Crippen molar-refractivity contribution in [3.63, 3.8) is 0 Å². The molecule has 7 heteroatoms. The Kier molecular flexibility index (Phi) is 5.31. The number of hydrogen-bond donors (Lipinski definition) is 1. The van der Waals surface area contributed by atoms with E-state index in [0.717, 1.165) is 10.0 Å². The van der Waals surface area contributed by atoms with Gasteiger partial charge < -0.3 is 10.2 Å². The molecule has 5 nitrogen and oxygen atoms in total. The molecule has 0 aliphatic rings. The zero-order valence-electron chi connectivity index (χ0n) is 15.5. The van der Waals surface area contributed by atoms with Crippen LogP contribution in [0.2, 0.25) is 0 Å². The number of fused-ring (bicyclic) bond motifs is 1. The van der Waals surface area contributed by atoms with Crippen LogP contribution < -0.4 is 15.7 Å². The molecule has 1 heterocycles. The van der Waals surface area contributed by atoms with Gasteiger partial charge in [-0.3, -0.25) is 4.79 Å². The molecule has 4 rings (SSSR count). The molecule has 0 aliphatic carbocycles. The largest absolute Gasteiger partial charge is 0.494 e. The second-order valence-electron chi connectivity index (χ2n) is 6.40. The average Bonchev–Trinajstić information content (AvgIpc) is 2.74. The number of nitrogens with one attached hydrogen (secondary N) is 1. The molecule has 0 fully saturated rings. The molecule has 0 bridgehead atoms. The van der Waals surface area contributed by atoms with Gasteiger partial charge in [0, 0.05) is 10.0 Å². The molecule has 29 heavy (non-hydrogen) atoms. The van der Waals surface area contributed by atoms with Crippen LogP contribution in [0.1, 0.15) is 5.56 Å². The minimum Gasteiger partial charge on any atom is -0.494 e. The lowest BCUT2D eigenvalue weighted by Crippen LogP contribution is -2.31. The zero-order chi connectivity index (χ0) is 20.4. The fourth-order valence-corrected chi connectivity index (χ4v) is 3.31. The lowest BCUT2D eigenvalue weighted by molar-refractivity contribution is 0.386. The highest BCUT2D eigenvalue weighted by Crippen LogP contribution is 2.25. The van der Waals surface area contributed by atoms with E-state index >= 15 is 0 Å². The van der Waals surface area contributed by atoms with E-state index < -0.39 is 5.82 Å². The Morgan fingerprint density at radius 1 is 1.10 bits per heavy atom. The Bertz CT molecular complexity index is 1240. The Morgan fingerprint density at radius 2 is 1.86 bits per heavy atom. The molecule has 0 amide bonds. The molecule has 1 aromatic heterocycles. The fourth-order valence-electron chi connectivity index (χ4n) is 3.04. The lowest BCUT2D eigenvalue weighted by Gasteiger charge is -2.16. The summed E-state index contributed by atoms with van der Waals surface area (Å²) in [5.41, 5.74) is 5.05. The van der Waals surface area contributed by atoms with Crippen LogP contribution in [0.15, 0.2) is 76.0 Å². The summed E-state index contributed by atoms with van der Waals surface area (Å²) in [5.74, 6) is -0.0118. The third kappa shape index (κ3) is 3.86. The summed E-state index contributed by atoms with van der Waals surface area (Å²) in [4.78, 5) is 17.8. The minimum atomic E-state index is -0.478. The maximum absolute atomic E-state index is 13.9. The van der Waals surface area contributed by atoms with Gasteiger partial charge in [0.15, 0.2) is 17.4 Å². The Hall–Kier alpha value is -3.19. The van der Waals surface area contributed by atoms with E-state index in [2.05, 4.69) is 26.3 Å². The lowest BCUT2D eigenvalue weighted by atomic mass is 10.1. The van der Waals surface area contributed by atoms with E-state index in [1.165, 1.54) is 23.9 Å². The topological polar surface area (TPSA) is 56.1 Å². The molecule has 4 aromatic rings. The van der Waals surface area contributed by atoms with Gasteiger partial charge in [-0.05, 0) is 48.0 Å². The van der Waals surface area contributed by atoms with Crippen molar-refractivity contribution in [2.75, 3.05) is 12.5 Å². The summed E-state index contributed by atoms with van der Waals surface area (Å²) in [6.45, 7) is 0.415. The number of benzene rings is 3. The second-order valence-corrected chi connectivity index (χ2v) is 7.32. The smallest absolute Gasteiger partial charge is 0.280 e. The second kappa shape index (κ2) is 8.05. The molecule has 0 unspecified atom stereocenters. The van der Waals surface area contributed by atoms with Crippen LogP contribution in [0.25, 0.3) is 22.3 Å². The normalized spacial score (nSPS) is 10.9. The van der Waals surface area contributed by atoms with Crippen LogP contribution in [0.5, 0.6) is 5.75 Å². The summed E-state index contributed by atoms with van der Waals surface area (Å²) < 4.78 is 21.4. The van der Waals surface area contributed by atoms with Gasteiger partial charge in [-0.2, -0.15) is 0 Å². The van der Waals surface area contributed by atoms with Gasteiger partial charge in [0.2, 0.25) is 0 Å². The molecular weight excluding hydrogens is 437 g/mol. The molecule has 0 atom stereocenters. The first kappa shape index (κ1) is 19.1. The van der Waals surface area contributed by atoms with E-state index in [4.69, 9.17) is 4.74 Å². The van der Waals surface area contributed by atoms with E-state index in [9.17, 15) is 9.18 Å². The molecule has 1 N–H and O–H groups in total. The predicted octanol–water partition coefficient (Wildman–Crippen LogP) is 4.72. The van der Waals surface area contributed by atoms with Crippen molar-refractivity contribution in [2.24, 2.45) is 0 Å². The SMILES string of the molecule is COc1cc(-c2nc3ccccc3c(=O)n2NCc2ccc(Br)cc2)ccc1F. The molecule has 0 spiro atoms. The van der Waals surface area contributed by atoms with Crippen LogP contribution in [-0.2, 0) is 6.54 Å². The highest BCUT2D eigenvalue weighted by molar-refractivity contribution is 9.10. The molecule has 0 radical (unpaired) electrons. The first-order valence-electron chi connectivity index (χ1n) is 8.91. The van der Waals surface area contributed by atoms with Gasteiger partial charge in [0.1, 0.15) is 0 Å². The molecule has 146 valence electrons. The fraction of sp³-hybridized carbons (Fsp3) is 0.0909. The summed E-state index contributed by atoms with van der Waals surface area (Å²) in [6, 6.07) is 19.3. The average molecular weight is 454 g/mol. The minimum absolute atomic E-state index is 0.0874. The van der Waals surface area contributed by atoms with Crippen molar-refractivity contribution < 1.29 is 9.13 Å². The Morgan fingerprint density at radius 3 is 2.62 bits per heavy atom. The number of nitrogens with zero attached hydrogens (tertiary/aromatic N) is 2. The molecule has 0 aliphatic heterocycles. The molecule has 3 aromatic carbocycles. The third-order valence-electron chi connectivity index (χ3n) is 4.54. The maximum atomic E-state index is 13.9. The van der Waals surface area contributed by atoms with Crippen molar-refractivity contribution in [3.05, 3.63) is 92.9 Å².